The summed E-state index contributed by atoms with van der Waals surface area (Å²) in [6.45, 7) is 4.40. The van der Waals surface area contributed by atoms with E-state index in [9.17, 15) is 19.2 Å². The fraction of sp³-hybridized carbons (Fsp3) is 0.429. The van der Waals surface area contributed by atoms with Gasteiger partial charge in [0, 0.05) is 25.7 Å². The third kappa shape index (κ3) is 7.06. The van der Waals surface area contributed by atoms with Gasteiger partial charge in [-0.25, -0.2) is 4.79 Å². The zero-order valence-electron chi connectivity index (χ0n) is 16.7. The van der Waals surface area contributed by atoms with Crippen LogP contribution in [0.4, 0.5) is 4.79 Å². The van der Waals surface area contributed by atoms with E-state index in [0.29, 0.717) is 32.5 Å². The number of nitrogens with zero attached hydrogens (tertiary/aromatic N) is 1. The largest absolute Gasteiger partial charge is 0.452 e. The molecule has 1 atom stereocenters. The van der Waals surface area contributed by atoms with E-state index < -0.39 is 24.0 Å². The SMILES string of the molecule is CCNC(=O)NC(=O)C(C)OC(=O)C1CCN(C(=O)/C=C/c2ccccc2)CC1. The van der Waals surface area contributed by atoms with Gasteiger partial charge in [0.15, 0.2) is 6.10 Å². The van der Waals surface area contributed by atoms with Crippen molar-refractivity contribution in [3.8, 4) is 0 Å². The lowest BCUT2D eigenvalue weighted by Crippen LogP contribution is -2.45. The number of carbonyl (C=O) groups is 4. The van der Waals surface area contributed by atoms with Crippen LogP contribution in [0.1, 0.15) is 32.3 Å². The molecule has 0 spiro atoms. The van der Waals surface area contributed by atoms with Gasteiger partial charge < -0.3 is 15.0 Å². The van der Waals surface area contributed by atoms with Crippen LogP contribution in [0, 0.1) is 5.92 Å². The Morgan fingerprint density at radius 2 is 1.83 bits per heavy atom. The second-order valence-electron chi connectivity index (χ2n) is 6.77. The van der Waals surface area contributed by atoms with Crippen LogP contribution in [0.15, 0.2) is 36.4 Å². The van der Waals surface area contributed by atoms with E-state index in [2.05, 4.69) is 10.6 Å². The summed E-state index contributed by atoms with van der Waals surface area (Å²) in [5.74, 6) is -1.65. The highest BCUT2D eigenvalue weighted by Crippen LogP contribution is 2.20. The van der Waals surface area contributed by atoms with Crippen LogP contribution in [-0.4, -0.2) is 54.5 Å². The Labute approximate surface area is 170 Å². The van der Waals surface area contributed by atoms with Gasteiger partial charge in [0.2, 0.25) is 5.91 Å². The Hall–Kier alpha value is -3.16. The quantitative estimate of drug-likeness (QED) is 0.558. The Morgan fingerprint density at radius 1 is 1.17 bits per heavy atom. The number of hydrogen-bond donors (Lipinski definition) is 2. The molecule has 1 aliphatic rings. The number of urea groups is 1. The van der Waals surface area contributed by atoms with Crippen molar-refractivity contribution in [2.45, 2.75) is 32.8 Å². The minimum absolute atomic E-state index is 0.102. The maximum absolute atomic E-state index is 12.3. The van der Waals surface area contributed by atoms with Crippen LogP contribution in [0.3, 0.4) is 0 Å². The highest BCUT2D eigenvalue weighted by atomic mass is 16.5. The van der Waals surface area contributed by atoms with Gasteiger partial charge in [0.05, 0.1) is 5.92 Å². The van der Waals surface area contributed by atoms with Crippen molar-refractivity contribution < 1.29 is 23.9 Å². The van der Waals surface area contributed by atoms with E-state index in [4.69, 9.17) is 4.74 Å². The van der Waals surface area contributed by atoms with Crippen molar-refractivity contribution >= 4 is 29.9 Å². The number of likely N-dealkylation sites (tertiary alicyclic amines) is 1. The van der Waals surface area contributed by atoms with Gasteiger partial charge in [-0.3, -0.25) is 19.7 Å². The Bertz CT molecular complexity index is 755. The first kappa shape index (κ1) is 22.1. The highest BCUT2D eigenvalue weighted by Gasteiger charge is 2.30. The summed E-state index contributed by atoms with van der Waals surface area (Å²) in [4.78, 5) is 49.5. The lowest BCUT2D eigenvalue weighted by Gasteiger charge is -2.30. The average Bonchev–Trinajstić information content (AvgIpc) is 2.72. The predicted molar refractivity (Wildman–Crippen MR) is 108 cm³/mol. The summed E-state index contributed by atoms with van der Waals surface area (Å²) in [6, 6.07) is 8.91. The molecular formula is C21H27N3O5. The van der Waals surface area contributed by atoms with Crippen molar-refractivity contribution in [1.82, 2.24) is 15.5 Å². The molecule has 8 heteroatoms. The normalized spacial score (nSPS) is 15.6. The molecule has 0 bridgehead atoms. The van der Waals surface area contributed by atoms with Gasteiger partial charge >= 0.3 is 12.0 Å². The number of ether oxygens (including phenoxy) is 1. The van der Waals surface area contributed by atoms with Crippen molar-refractivity contribution in [1.29, 1.82) is 0 Å². The highest BCUT2D eigenvalue weighted by molar-refractivity contribution is 5.97. The lowest BCUT2D eigenvalue weighted by atomic mass is 9.97. The number of hydrogen-bond acceptors (Lipinski definition) is 5. The molecule has 1 aromatic rings. The fourth-order valence-corrected chi connectivity index (χ4v) is 2.91. The molecule has 2 rings (SSSR count). The molecule has 1 unspecified atom stereocenters. The molecule has 8 nitrogen and oxygen atoms in total. The standard InChI is InChI=1S/C21H27N3O5/c1-3-22-21(28)23-19(26)15(2)29-20(27)17-11-13-24(14-12-17)18(25)10-9-16-7-5-4-6-8-16/h4-10,15,17H,3,11-14H2,1-2H3,(H2,22,23,26,28)/b10-9+. The first-order chi connectivity index (χ1) is 13.9. The second kappa shape index (κ2) is 11.0. The molecule has 1 saturated heterocycles. The summed E-state index contributed by atoms with van der Waals surface area (Å²) in [7, 11) is 0. The molecule has 2 N–H and O–H groups in total. The van der Waals surface area contributed by atoms with E-state index in [1.807, 2.05) is 30.3 Å². The zero-order chi connectivity index (χ0) is 21.2. The molecule has 1 fully saturated rings. The number of nitrogens with one attached hydrogen (secondary N) is 2. The molecule has 0 saturated carbocycles. The summed E-state index contributed by atoms with van der Waals surface area (Å²) >= 11 is 0. The van der Waals surface area contributed by atoms with Gasteiger partial charge in [-0.05, 0) is 38.3 Å². The molecule has 1 heterocycles. The number of benzene rings is 1. The molecule has 0 aromatic heterocycles. The Kier molecular flexibility index (Phi) is 8.39. The number of imide groups is 1. The monoisotopic (exact) mass is 401 g/mol. The number of rotatable bonds is 6. The van der Waals surface area contributed by atoms with E-state index >= 15 is 0 Å². The van der Waals surface area contributed by atoms with E-state index in [1.165, 1.54) is 13.0 Å². The van der Waals surface area contributed by atoms with E-state index in [-0.39, 0.29) is 11.8 Å². The van der Waals surface area contributed by atoms with Crippen LogP contribution < -0.4 is 10.6 Å². The van der Waals surface area contributed by atoms with Crippen molar-refractivity contribution in [2.24, 2.45) is 5.92 Å². The van der Waals surface area contributed by atoms with Crippen LogP contribution in [0.25, 0.3) is 6.08 Å². The molecule has 29 heavy (non-hydrogen) atoms. The van der Waals surface area contributed by atoms with Crippen LogP contribution in [0.2, 0.25) is 0 Å². The second-order valence-corrected chi connectivity index (χ2v) is 6.77. The van der Waals surface area contributed by atoms with Gasteiger partial charge in [-0.1, -0.05) is 30.3 Å². The molecule has 1 aromatic carbocycles. The van der Waals surface area contributed by atoms with Crippen molar-refractivity contribution in [3.05, 3.63) is 42.0 Å². The topological polar surface area (TPSA) is 105 Å². The predicted octanol–water partition coefficient (Wildman–Crippen LogP) is 1.72. The van der Waals surface area contributed by atoms with Crippen molar-refractivity contribution in [3.63, 3.8) is 0 Å². The third-order valence-electron chi connectivity index (χ3n) is 4.59. The van der Waals surface area contributed by atoms with Crippen molar-refractivity contribution in [2.75, 3.05) is 19.6 Å². The van der Waals surface area contributed by atoms with Crippen LogP contribution in [-0.2, 0) is 19.1 Å². The summed E-state index contributed by atoms with van der Waals surface area (Å²) in [5.41, 5.74) is 0.944. The smallest absolute Gasteiger partial charge is 0.321 e. The maximum atomic E-state index is 12.3. The molecule has 156 valence electrons. The zero-order valence-corrected chi connectivity index (χ0v) is 16.7. The number of esters is 1. The van der Waals surface area contributed by atoms with Gasteiger partial charge in [-0.15, -0.1) is 0 Å². The van der Waals surface area contributed by atoms with Crippen LogP contribution >= 0.6 is 0 Å². The lowest BCUT2D eigenvalue weighted by molar-refractivity contribution is -0.160. The summed E-state index contributed by atoms with van der Waals surface area (Å²) in [6.07, 6.45) is 3.15. The fourth-order valence-electron chi connectivity index (χ4n) is 2.91. The van der Waals surface area contributed by atoms with Gasteiger partial charge in [0.1, 0.15) is 0 Å². The molecule has 0 radical (unpaired) electrons. The van der Waals surface area contributed by atoms with E-state index in [1.54, 1.807) is 17.9 Å². The Morgan fingerprint density at radius 3 is 2.45 bits per heavy atom. The number of carbonyl (C=O) groups excluding carboxylic acids is 4. The minimum Gasteiger partial charge on any atom is -0.452 e. The minimum atomic E-state index is -1.07. The van der Waals surface area contributed by atoms with Gasteiger partial charge in [-0.2, -0.15) is 0 Å². The van der Waals surface area contributed by atoms with Gasteiger partial charge in [0.25, 0.3) is 5.91 Å². The Balaban J connectivity index is 1.77. The maximum Gasteiger partial charge on any atom is 0.321 e. The summed E-state index contributed by atoms with van der Waals surface area (Å²) in [5, 5.41) is 4.54. The third-order valence-corrected chi connectivity index (χ3v) is 4.59. The number of amides is 4. The molecule has 0 aliphatic carbocycles. The molecular weight excluding hydrogens is 374 g/mol. The average molecular weight is 401 g/mol. The summed E-state index contributed by atoms with van der Waals surface area (Å²) < 4.78 is 5.18. The number of piperidine rings is 1. The van der Waals surface area contributed by atoms with E-state index in [0.717, 1.165) is 5.56 Å². The molecule has 1 aliphatic heterocycles. The first-order valence-corrected chi connectivity index (χ1v) is 9.72. The van der Waals surface area contributed by atoms with Crippen LogP contribution in [0.5, 0.6) is 0 Å². The first-order valence-electron chi connectivity index (χ1n) is 9.72. The molecule has 4 amide bonds.